The topological polar surface area (TPSA) is 72.5 Å². The van der Waals surface area contributed by atoms with Crippen LogP contribution in [-0.2, 0) is 11.2 Å². The third-order valence-electron chi connectivity index (χ3n) is 3.88. The first kappa shape index (κ1) is 10.6. The molecule has 3 N–H and O–H groups in total. The Bertz CT molecular complexity index is 480. The highest BCUT2D eigenvalue weighted by atomic mass is 16.5. The lowest BCUT2D eigenvalue weighted by atomic mass is 9.90. The SMILES string of the molecule is NC(c1ccc2c(c1)CCO2)C1(C(=O)O)CC1. The van der Waals surface area contributed by atoms with E-state index in [9.17, 15) is 9.90 Å². The van der Waals surface area contributed by atoms with E-state index in [-0.39, 0.29) is 0 Å². The lowest BCUT2D eigenvalue weighted by Gasteiger charge is -2.20. The van der Waals surface area contributed by atoms with E-state index >= 15 is 0 Å². The molecule has 1 atom stereocenters. The molecule has 1 aromatic rings. The number of rotatable bonds is 3. The van der Waals surface area contributed by atoms with E-state index in [1.54, 1.807) is 0 Å². The molecule has 4 heteroatoms. The van der Waals surface area contributed by atoms with Gasteiger partial charge in [-0.3, -0.25) is 4.79 Å². The smallest absolute Gasteiger partial charge is 0.311 e. The van der Waals surface area contributed by atoms with Crippen LogP contribution in [0.2, 0.25) is 0 Å². The molecular formula is C13H15NO3. The number of fused-ring (bicyclic) bond motifs is 1. The van der Waals surface area contributed by atoms with Crippen LogP contribution in [0.15, 0.2) is 18.2 Å². The van der Waals surface area contributed by atoms with E-state index < -0.39 is 17.4 Å². The Kier molecular flexibility index (Phi) is 2.16. The molecule has 1 heterocycles. The fourth-order valence-corrected chi connectivity index (χ4v) is 2.51. The van der Waals surface area contributed by atoms with Gasteiger partial charge in [0.2, 0.25) is 0 Å². The summed E-state index contributed by atoms with van der Waals surface area (Å²) in [4.78, 5) is 11.2. The summed E-state index contributed by atoms with van der Waals surface area (Å²) in [7, 11) is 0. The van der Waals surface area contributed by atoms with Gasteiger partial charge in [0.15, 0.2) is 0 Å². The predicted octanol–water partition coefficient (Wildman–Crippen LogP) is 1.49. The van der Waals surface area contributed by atoms with Crippen LogP contribution in [0.25, 0.3) is 0 Å². The lowest BCUT2D eigenvalue weighted by Crippen LogP contribution is -2.29. The minimum absolute atomic E-state index is 0.411. The number of carbonyl (C=O) groups is 1. The Morgan fingerprint density at radius 3 is 2.88 bits per heavy atom. The highest BCUT2D eigenvalue weighted by molar-refractivity contribution is 5.79. The molecule has 1 saturated carbocycles. The van der Waals surface area contributed by atoms with Crippen molar-refractivity contribution in [3.05, 3.63) is 29.3 Å². The third kappa shape index (κ3) is 1.52. The molecule has 17 heavy (non-hydrogen) atoms. The molecule has 1 fully saturated rings. The van der Waals surface area contributed by atoms with Gasteiger partial charge in [-0.25, -0.2) is 0 Å². The van der Waals surface area contributed by atoms with Crippen LogP contribution in [0.4, 0.5) is 0 Å². The van der Waals surface area contributed by atoms with Gasteiger partial charge < -0.3 is 15.6 Å². The zero-order chi connectivity index (χ0) is 12.0. The van der Waals surface area contributed by atoms with Crippen molar-refractivity contribution in [3.63, 3.8) is 0 Å². The summed E-state index contributed by atoms with van der Waals surface area (Å²) in [6.07, 6.45) is 2.24. The van der Waals surface area contributed by atoms with Gasteiger partial charge in [0.1, 0.15) is 5.75 Å². The van der Waals surface area contributed by atoms with Crippen LogP contribution in [0, 0.1) is 5.41 Å². The molecule has 1 aromatic carbocycles. The Morgan fingerprint density at radius 2 is 2.24 bits per heavy atom. The van der Waals surface area contributed by atoms with Gasteiger partial charge in [0.25, 0.3) is 0 Å². The standard InChI is InChI=1S/C13H15NO3/c14-11(13(4-5-13)12(15)16)9-1-2-10-8(7-9)3-6-17-10/h1-2,7,11H,3-6,14H2,(H,15,16). The summed E-state index contributed by atoms with van der Waals surface area (Å²) < 4.78 is 5.42. The Labute approximate surface area is 99.4 Å². The van der Waals surface area contributed by atoms with Crippen molar-refractivity contribution in [2.45, 2.75) is 25.3 Å². The number of hydrogen-bond acceptors (Lipinski definition) is 3. The molecule has 0 spiro atoms. The second kappa shape index (κ2) is 3.47. The first-order valence-electron chi connectivity index (χ1n) is 5.88. The molecule has 0 radical (unpaired) electrons. The van der Waals surface area contributed by atoms with Crippen LogP contribution in [0.3, 0.4) is 0 Å². The Morgan fingerprint density at radius 1 is 1.47 bits per heavy atom. The summed E-state index contributed by atoms with van der Waals surface area (Å²) in [5.41, 5.74) is 7.43. The zero-order valence-corrected chi connectivity index (χ0v) is 9.48. The number of carboxylic acids is 1. The Balaban J connectivity index is 1.92. The quantitative estimate of drug-likeness (QED) is 0.829. The van der Waals surface area contributed by atoms with Crippen LogP contribution in [0.5, 0.6) is 5.75 Å². The van der Waals surface area contributed by atoms with E-state index in [0.717, 1.165) is 23.3 Å². The minimum Gasteiger partial charge on any atom is -0.493 e. The maximum absolute atomic E-state index is 11.2. The summed E-state index contributed by atoms with van der Waals surface area (Å²) in [6.45, 7) is 0.706. The van der Waals surface area contributed by atoms with Gasteiger partial charge in [-0.2, -0.15) is 0 Å². The molecule has 90 valence electrons. The number of carboxylic acid groups (broad SMARTS) is 1. The van der Waals surface area contributed by atoms with Crippen molar-refractivity contribution in [2.24, 2.45) is 11.1 Å². The monoisotopic (exact) mass is 233 g/mol. The maximum atomic E-state index is 11.2. The van der Waals surface area contributed by atoms with E-state index in [0.29, 0.717) is 19.4 Å². The lowest BCUT2D eigenvalue weighted by molar-refractivity contribution is -0.144. The highest BCUT2D eigenvalue weighted by Crippen LogP contribution is 2.54. The molecule has 0 saturated heterocycles. The van der Waals surface area contributed by atoms with Crippen molar-refractivity contribution >= 4 is 5.97 Å². The molecule has 2 aliphatic rings. The molecule has 3 rings (SSSR count). The zero-order valence-electron chi connectivity index (χ0n) is 9.48. The molecule has 0 aromatic heterocycles. The molecule has 1 aliphatic carbocycles. The first-order valence-corrected chi connectivity index (χ1v) is 5.88. The van der Waals surface area contributed by atoms with Gasteiger partial charge in [0, 0.05) is 12.5 Å². The van der Waals surface area contributed by atoms with E-state index in [4.69, 9.17) is 10.5 Å². The van der Waals surface area contributed by atoms with E-state index in [2.05, 4.69) is 0 Å². The number of aliphatic carboxylic acids is 1. The van der Waals surface area contributed by atoms with Crippen LogP contribution < -0.4 is 10.5 Å². The van der Waals surface area contributed by atoms with Gasteiger partial charge in [0.05, 0.1) is 12.0 Å². The molecule has 0 amide bonds. The van der Waals surface area contributed by atoms with Crippen molar-refractivity contribution in [1.29, 1.82) is 0 Å². The fourth-order valence-electron chi connectivity index (χ4n) is 2.51. The largest absolute Gasteiger partial charge is 0.493 e. The summed E-state index contributed by atoms with van der Waals surface area (Å²) in [5.74, 6) is 0.128. The average molecular weight is 233 g/mol. The van der Waals surface area contributed by atoms with E-state index in [1.807, 2.05) is 18.2 Å². The second-order valence-electron chi connectivity index (χ2n) is 4.90. The molecule has 0 bridgehead atoms. The van der Waals surface area contributed by atoms with Crippen molar-refractivity contribution < 1.29 is 14.6 Å². The highest BCUT2D eigenvalue weighted by Gasteiger charge is 2.55. The van der Waals surface area contributed by atoms with Crippen LogP contribution in [0.1, 0.15) is 30.0 Å². The van der Waals surface area contributed by atoms with Crippen molar-refractivity contribution in [2.75, 3.05) is 6.61 Å². The van der Waals surface area contributed by atoms with Gasteiger partial charge >= 0.3 is 5.97 Å². The number of hydrogen-bond donors (Lipinski definition) is 2. The third-order valence-corrected chi connectivity index (χ3v) is 3.88. The van der Waals surface area contributed by atoms with Gasteiger partial charge in [-0.05, 0) is 30.0 Å². The number of benzene rings is 1. The number of nitrogens with two attached hydrogens (primary N) is 1. The predicted molar refractivity (Wildman–Crippen MR) is 61.9 cm³/mol. The second-order valence-corrected chi connectivity index (χ2v) is 4.90. The number of ether oxygens (including phenoxy) is 1. The molecular weight excluding hydrogens is 218 g/mol. The summed E-state index contributed by atoms with van der Waals surface area (Å²) in [5, 5.41) is 9.22. The molecule has 1 unspecified atom stereocenters. The van der Waals surface area contributed by atoms with Crippen LogP contribution >= 0.6 is 0 Å². The first-order chi connectivity index (χ1) is 8.13. The van der Waals surface area contributed by atoms with Crippen molar-refractivity contribution in [3.8, 4) is 5.75 Å². The fraction of sp³-hybridized carbons (Fsp3) is 0.462. The summed E-state index contributed by atoms with van der Waals surface area (Å²) >= 11 is 0. The Hall–Kier alpha value is -1.55. The van der Waals surface area contributed by atoms with Gasteiger partial charge in [-0.15, -0.1) is 0 Å². The maximum Gasteiger partial charge on any atom is 0.311 e. The molecule has 1 aliphatic heterocycles. The average Bonchev–Trinajstić information content (AvgIpc) is 3.00. The summed E-state index contributed by atoms with van der Waals surface area (Å²) in [6, 6.07) is 5.37. The van der Waals surface area contributed by atoms with Gasteiger partial charge in [-0.1, -0.05) is 12.1 Å². The normalized spacial score (nSPS) is 21.5. The van der Waals surface area contributed by atoms with E-state index in [1.165, 1.54) is 0 Å². The minimum atomic E-state index is -0.776. The van der Waals surface area contributed by atoms with Crippen LogP contribution in [-0.4, -0.2) is 17.7 Å². The van der Waals surface area contributed by atoms with Crippen molar-refractivity contribution in [1.82, 2.24) is 0 Å². The molecule has 4 nitrogen and oxygen atoms in total.